The van der Waals surface area contributed by atoms with Gasteiger partial charge in [0.25, 0.3) is 0 Å². The molecule has 0 fully saturated rings. The van der Waals surface area contributed by atoms with Gasteiger partial charge in [0.2, 0.25) is 0 Å². The van der Waals surface area contributed by atoms with Crippen LogP contribution in [-0.2, 0) is 9.53 Å². The lowest BCUT2D eigenvalue weighted by molar-refractivity contribution is -0.142. The molecule has 0 aliphatic heterocycles. The van der Waals surface area contributed by atoms with Crippen molar-refractivity contribution in [1.29, 1.82) is 0 Å². The fraction of sp³-hybridized carbons (Fsp3) is 0.625. The Hall–Kier alpha value is -0.830. The highest BCUT2D eigenvalue weighted by Gasteiger charge is 2.08. The van der Waals surface area contributed by atoms with Gasteiger partial charge in [-0.2, -0.15) is 0 Å². The molecule has 0 saturated heterocycles. The highest BCUT2D eigenvalue weighted by molar-refractivity contribution is 5.69. The minimum Gasteiger partial charge on any atom is -0.469 e. The lowest BCUT2D eigenvalue weighted by Crippen LogP contribution is -2.13. The maximum atomic E-state index is 10.6. The third kappa shape index (κ3) is 5.61. The summed E-state index contributed by atoms with van der Waals surface area (Å²) < 4.78 is 4.38. The van der Waals surface area contributed by atoms with Crippen LogP contribution in [0.4, 0.5) is 0 Å². The van der Waals surface area contributed by atoms with Crippen molar-refractivity contribution in [2.24, 2.45) is 0 Å². The number of rotatable bonds is 4. The Morgan fingerprint density at radius 3 is 2.82 bits per heavy atom. The summed E-state index contributed by atoms with van der Waals surface area (Å²) in [5.41, 5.74) is 0. The summed E-state index contributed by atoms with van der Waals surface area (Å²) in [6.45, 7) is 1.87. The SMILES string of the molecule is C/C=C/C[C@@H](O)CC(=O)OC. The molecule has 0 aliphatic carbocycles. The molecule has 3 nitrogen and oxygen atoms in total. The van der Waals surface area contributed by atoms with E-state index < -0.39 is 6.10 Å². The van der Waals surface area contributed by atoms with Crippen molar-refractivity contribution in [2.45, 2.75) is 25.9 Å². The number of carbonyl (C=O) groups is 1. The largest absolute Gasteiger partial charge is 0.469 e. The van der Waals surface area contributed by atoms with Crippen LogP contribution in [0.1, 0.15) is 19.8 Å². The number of allylic oxidation sites excluding steroid dienone is 1. The van der Waals surface area contributed by atoms with E-state index in [1.54, 1.807) is 0 Å². The van der Waals surface area contributed by atoms with E-state index >= 15 is 0 Å². The zero-order valence-corrected chi connectivity index (χ0v) is 6.91. The monoisotopic (exact) mass is 158 g/mol. The molecule has 0 aromatic rings. The number of carbonyl (C=O) groups excluding carboxylic acids is 1. The van der Waals surface area contributed by atoms with Gasteiger partial charge in [-0.15, -0.1) is 0 Å². The van der Waals surface area contributed by atoms with E-state index in [4.69, 9.17) is 5.11 Å². The fourth-order valence-corrected chi connectivity index (χ4v) is 0.652. The molecule has 0 unspecified atom stereocenters. The van der Waals surface area contributed by atoms with Crippen molar-refractivity contribution < 1.29 is 14.6 Å². The second-order valence-electron chi connectivity index (χ2n) is 2.24. The number of hydrogen-bond acceptors (Lipinski definition) is 3. The van der Waals surface area contributed by atoms with Crippen molar-refractivity contribution in [3.63, 3.8) is 0 Å². The molecule has 0 aromatic carbocycles. The van der Waals surface area contributed by atoms with Crippen LogP contribution in [0, 0.1) is 0 Å². The first kappa shape index (κ1) is 10.2. The molecule has 0 heterocycles. The Morgan fingerprint density at radius 2 is 2.36 bits per heavy atom. The van der Waals surface area contributed by atoms with Crippen LogP contribution in [0.5, 0.6) is 0 Å². The summed E-state index contributed by atoms with van der Waals surface area (Å²) in [5, 5.41) is 9.13. The zero-order valence-electron chi connectivity index (χ0n) is 6.91. The average molecular weight is 158 g/mol. The molecule has 0 bridgehead atoms. The second-order valence-corrected chi connectivity index (χ2v) is 2.24. The van der Waals surface area contributed by atoms with Crippen LogP contribution in [0.2, 0.25) is 0 Å². The van der Waals surface area contributed by atoms with E-state index in [0.717, 1.165) is 0 Å². The number of aliphatic hydroxyl groups excluding tert-OH is 1. The minimum atomic E-state index is -0.612. The van der Waals surface area contributed by atoms with Gasteiger partial charge in [-0.3, -0.25) is 4.79 Å². The standard InChI is InChI=1S/C8H14O3/c1-3-4-5-7(9)6-8(10)11-2/h3-4,7,9H,5-6H2,1-2H3/b4-3+/t7-/m1/s1. The van der Waals surface area contributed by atoms with Crippen LogP contribution in [0.15, 0.2) is 12.2 Å². The second kappa shape index (κ2) is 5.92. The van der Waals surface area contributed by atoms with Crippen molar-refractivity contribution in [2.75, 3.05) is 7.11 Å². The maximum Gasteiger partial charge on any atom is 0.308 e. The quantitative estimate of drug-likeness (QED) is 0.488. The summed E-state index contributed by atoms with van der Waals surface area (Å²) in [5.74, 6) is -0.373. The highest BCUT2D eigenvalue weighted by atomic mass is 16.5. The molecule has 1 atom stereocenters. The summed E-state index contributed by atoms with van der Waals surface area (Å²) in [4.78, 5) is 10.6. The lowest BCUT2D eigenvalue weighted by Gasteiger charge is -2.04. The van der Waals surface area contributed by atoms with Crippen molar-refractivity contribution in [1.82, 2.24) is 0 Å². The first-order chi connectivity index (χ1) is 5.20. The number of aliphatic hydroxyl groups is 1. The average Bonchev–Trinajstić information content (AvgIpc) is 2.00. The van der Waals surface area contributed by atoms with Crippen molar-refractivity contribution in [3.05, 3.63) is 12.2 Å². The van der Waals surface area contributed by atoms with Crippen LogP contribution in [0.3, 0.4) is 0 Å². The summed E-state index contributed by atoms with van der Waals surface area (Å²) >= 11 is 0. The van der Waals surface area contributed by atoms with E-state index in [9.17, 15) is 4.79 Å². The smallest absolute Gasteiger partial charge is 0.308 e. The van der Waals surface area contributed by atoms with Crippen molar-refractivity contribution in [3.8, 4) is 0 Å². The molecular weight excluding hydrogens is 144 g/mol. The van der Waals surface area contributed by atoms with Crippen LogP contribution < -0.4 is 0 Å². The molecule has 0 spiro atoms. The molecule has 0 aliphatic rings. The van der Waals surface area contributed by atoms with Gasteiger partial charge < -0.3 is 9.84 Å². The fourth-order valence-electron chi connectivity index (χ4n) is 0.652. The first-order valence-corrected chi connectivity index (χ1v) is 3.56. The summed E-state index contributed by atoms with van der Waals surface area (Å²) in [6, 6.07) is 0. The number of hydrogen-bond donors (Lipinski definition) is 1. The maximum absolute atomic E-state index is 10.6. The molecular formula is C8H14O3. The molecule has 0 aromatic heterocycles. The van der Waals surface area contributed by atoms with E-state index in [1.165, 1.54) is 7.11 Å². The highest BCUT2D eigenvalue weighted by Crippen LogP contribution is 1.99. The summed E-state index contributed by atoms with van der Waals surface area (Å²) in [6.07, 6.45) is 3.61. The van der Waals surface area contributed by atoms with Gasteiger partial charge in [-0.25, -0.2) is 0 Å². The summed E-state index contributed by atoms with van der Waals surface area (Å²) in [7, 11) is 1.31. The van der Waals surface area contributed by atoms with Crippen LogP contribution in [-0.4, -0.2) is 24.3 Å². The first-order valence-electron chi connectivity index (χ1n) is 3.56. The lowest BCUT2D eigenvalue weighted by atomic mass is 10.2. The Bertz CT molecular complexity index is 140. The van der Waals surface area contributed by atoms with Gasteiger partial charge in [0, 0.05) is 0 Å². The van der Waals surface area contributed by atoms with E-state index in [2.05, 4.69) is 4.74 Å². The third-order valence-corrected chi connectivity index (χ3v) is 1.27. The Morgan fingerprint density at radius 1 is 1.73 bits per heavy atom. The molecule has 1 N–H and O–H groups in total. The number of ether oxygens (including phenoxy) is 1. The zero-order chi connectivity index (χ0) is 8.69. The number of methoxy groups -OCH3 is 1. The molecule has 64 valence electrons. The van der Waals surface area contributed by atoms with E-state index in [-0.39, 0.29) is 12.4 Å². The van der Waals surface area contributed by atoms with Crippen LogP contribution in [0.25, 0.3) is 0 Å². The van der Waals surface area contributed by atoms with Crippen molar-refractivity contribution >= 4 is 5.97 Å². The predicted octanol–water partition coefficient (Wildman–Crippen LogP) is 0.877. The predicted molar refractivity (Wildman–Crippen MR) is 42.1 cm³/mol. The Labute approximate surface area is 66.7 Å². The third-order valence-electron chi connectivity index (χ3n) is 1.27. The number of esters is 1. The molecule has 0 amide bonds. The molecule has 11 heavy (non-hydrogen) atoms. The normalized spacial score (nSPS) is 13.4. The van der Waals surface area contributed by atoms with Gasteiger partial charge >= 0.3 is 5.97 Å². The molecule has 0 radical (unpaired) electrons. The Kier molecular flexibility index (Phi) is 5.47. The Balaban J connectivity index is 3.51. The van der Waals surface area contributed by atoms with E-state index in [0.29, 0.717) is 6.42 Å². The molecule has 0 saturated carbocycles. The van der Waals surface area contributed by atoms with Gasteiger partial charge in [0.15, 0.2) is 0 Å². The van der Waals surface area contributed by atoms with Gasteiger partial charge in [-0.05, 0) is 13.3 Å². The van der Waals surface area contributed by atoms with Crippen LogP contribution >= 0.6 is 0 Å². The topological polar surface area (TPSA) is 46.5 Å². The molecule has 3 heteroatoms. The van der Waals surface area contributed by atoms with Gasteiger partial charge in [0.05, 0.1) is 19.6 Å². The van der Waals surface area contributed by atoms with Gasteiger partial charge in [0.1, 0.15) is 0 Å². The minimum absolute atomic E-state index is 0.0703. The van der Waals surface area contributed by atoms with E-state index in [1.807, 2.05) is 19.1 Å². The van der Waals surface area contributed by atoms with Gasteiger partial charge in [-0.1, -0.05) is 12.2 Å². The molecule has 0 rings (SSSR count).